The molecule has 0 radical (unpaired) electrons. The Balaban J connectivity index is 2.57. The second-order valence-electron chi connectivity index (χ2n) is 5.20. The van der Waals surface area contributed by atoms with E-state index < -0.39 is 0 Å². The van der Waals surface area contributed by atoms with E-state index in [-0.39, 0.29) is 0 Å². The first-order valence-corrected chi connectivity index (χ1v) is 5.53. The van der Waals surface area contributed by atoms with Crippen molar-refractivity contribution in [2.75, 3.05) is 13.7 Å². The number of ether oxygens (including phenoxy) is 1. The zero-order valence-corrected chi connectivity index (χ0v) is 9.89. The molecule has 14 heavy (non-hydrogen) atoms. The predicted octanol–water partition coefficient (Wildman–Crippen LogP) is 2.70. The van der Waals surface area contributed by atoms with Gasteiger partial charge in [-0.2, -0.15) is 0 Å². The molecule has 1 rings (SSSR count). The van der Waals surface area contributed by atoms with Crippen LogP contribution in [-0.2, 0) is 4.74 Å². The summed E-state index contributed by atoms with van der Waals surface area (Å²) in [7, 11) is 2.01. The van der Waals surface area contributed by atoms with Crippen LogP contribution in [0.2, 0.25) is 0 Å². The monoisotopic (exact) mass is 197 g/mol. The molecule has 1 heterocycles. The number of hydrogen-bond acceptors (Lipinski definition) is 2. The van der Waals surface area contributed by atoms with Gasteiger partial charge in [0.15, 0.2) is 0 Å². The summed E-state index contributed by atoms with van der Waals surface area (Å²) < 4.78 is 5.68. The van der Waals surface area contributed by atoms with Crippen molar-refractivity contribution in [3.8, 4) is 0 Å². The van der Waals surface area contributed by atoms with Crippen molar-refractivity contribution in [1.82, 2.24) is 5.32 Å². The summed E-state index contributed by atoms with van der Waals surface area (Å²) in [4.78, 5) is 0. The van der Waals surface area contributed by atoms with Crippen LogP contribution in [-0.4, -0.2) is 19.7 Å². The fraction of sp³-hybridized carbons (Fsp3) is 0.833. The maximum atomic E-state index is 5.68. The van der Waals surface area contributed by atoms with Gasteiger partial charge in [-0.3, -0.25) is 0 Å². The quantitative estimate of drug-likeness (QED) is 0.751. The summed E-state index contributed by atoms with van der Waals surface area (Å²) >= 11 is 0. The number of rotatable bonds is 3. The van der Waals surface area contributed by atoms with Gasteiger partial charge < -0.3 is 10.1 Å². The highest BCUT2D eigenvalue weighted by Crippen LogP contribution is 2.25. The van der Waals surface area contributed by atoms with E-state index in [4.69, 9.17) is 4.74 Å². The van der Waals surface area contributed by atoms with Crippen LogP contribution in [0.4, 0.5) is 0 Å². The zero-order chi connectivity index (χ0) is 10.6. The lowest BCUT2D eigenvalue weighted by Gasteiger charge is -2.29. The Bertz CT molecular complexity index is 203. The molecule has 0 aromatic carbocycles. The molecule has 0 aliphatic carbocycles. The molecule has 1 N–H and O–H groups in total. The van der Waals surface area contributed by atoms with Gasteiger partial charge in [-0.1, -0.05) is 20.8 Å². The first-order valence-electron chi connectivity index (χ1n) is 5.53. The molecule has 2 nitrogen and oxygen atoms in total. The van der Waals surface area contributed by atoms with Gasteiger partial charge in [-0.25, -0.2) is 0 Å². The van der Waals surface area contributed by atoms with Gasteiger partial charge in [0.05, 0.1) is 12.6 Å². The molecule has 0 fully saturated rings. The van der Waals surface area contributed by atoms with Gasteiger partial charge in [0.1, 0.15) is 5.76 Å². The zero-order valence-electron chi connectivity index (χ0n) is 9.89. The molecule has 1 unspecified atom stereocenters. The summed E-state index contributed by atoms with van der Waals surface area (Å²) in [5.74, 6) is 1.15. The maximum Gasteiger partial charge on any atom is 0.109 e. The van der Waals surface area contributed by atoms with Gasteiger partial charge in [0.2, 0.25) is 0 Å². The third-order valence-electron chi connectivity index (χ3n) is 2.47. The summed E-state index contributed by atoms with van der Waals surface area (Å²) in [5, 5.41) is 3.34. The third kappa shape index (κ3) is 3.70. The van der Waals surface area contributed by atoms with Crippen LogP contribution in [0.15, 0.2) is 11.8 Å². The lowest BCUT2D eigenvalue weighted by atomic mass is 9.87. The minimum absolute atomic E-state index is 0.343. The van der Waals surface area contributed by atoms with E-state index in [1.54, 1.807) is 0 Å². The predicted molar refractivity (Wildman–Crippen MR) is 60.2 cm³/mol. The van der Waals surface area contributed by atoms with Gasteiger partial charge in [0, 0.05) is 0 Å². The molecule has 0 saturated carbocycles. The highest BCUT2D eigenvalue weighted by atomic mass is 16.5. The number of nitrogens with one attached hydrogen (secondary N) is 1. The SMILES string of the molecule is CNC(CC(C)(C)C)C1=CCCCO1. The van der Waals surface area contributed by atoms with Gasteiger partial charge in [-0.05, 0) is 37.8 Å². The maximum absolute atomic E-state index is 5.68. The van der Waals surface area contributed by atoms with E-state index in [1.165, 1.54) is 0 Å². The molecule has 1 aliphatic heterocycles. The highest BCUT2D eigenvalue weighted by Gasteiger charge is 2.22. The number of allylic oxidation sites excluding steroid dienone is 1. The molecule has 1 aliphatic rings. The molecule has 2 heteroatoms. The van der Waals surface area contributed by atoms with Crippen LogP contribution in [0.3, 0.4) is 0 Å². The van der Waals surface area contributed by atoms with Gasteiger partial charge in [-0.15, -0.1) is 0 Å². The summed E-state index contributed by atoms with van der Waals surface area (Å²) in [6, 6.07) is 0.385. The first kappa shape index (κ1) is 11.6. The Morgan fingerprint density at radius 3 is 2.64 bits per heavy atom. The summed E-state index contributed by atoms with van der Waals surface area (Å²) in [6.45, 7) is 7.68. The van der Waals surface area contributed by atoms with Crippen LogP contribution in [0, 0.1) is 5.41 Å². The van der Waals surface area contributed by atoms with Crippen molar-refractivity contribution in [2.45, 2.75) is 46.1 Å². The van der Waals surface area contributed by atoms with Crippen LogP contribution in [0.5, 0.6) is 0 Å². The molecule has 0 spiro atoms. The molecule has 82 valence electrons. The molecule has 0 aromatic rings. The summed E-state index contributed by atoms with van der Waals surface area (Å²) in [6.07, 6.45) is 5.68. The Kier molecular flexibility index (Phi) is 3.99. The van der Waals surface area contributed by atoms with E-state index in [0.29, 0.717) is 11.5 Å². The molecule has 0 saturated heterocycles. The van der Waals surface area contributed by atoms with Crippen molar-refractivity contribution in [3.05, 3.63) is 11.8 Å². The minimum Gasteiger partial charge on any atom is -0.497 e. The van der Waals surface area contributed by atoms with E-state index in [9.17, 15) is 0 Å². The average molecular weight is 197 g/mol. The van der Waals surface area contributed by atoms with Crippen LogP contribution < -0.4 is 5.32 Å². The normalized spacial score (nSPS) is 19.9. The second kappa shape index (κ2) is 4.83. The fourth-order valence-electron chi connectivity index (χ4n) is 1.78. The smallest absolute Gasteiger partial charge is 0.109 e. The minimum atomic E-state index is 0.343. The van der Waals surface area contributed by atoms with E-state index >= 15 is 0 Å². The number of likely N-dealkylation sites (N-methyl/N-ethyl adjacent to an activating group) is 1. The van der Waals surface area contributed by atoms with Crippen molar-refractivity contribution in [2.24, 2.45) is 5.41 Å². The van der Waals surface area contributed by atoms with Crippen molar-refractivity contribution >= 4 is 0 Å². The Morgan fingerprint density at radius 1 is 1.50 bits per heavy atom. The van der Waals surface area contributed by atoms with Gasteiger partial charge in [0.25, 0.3) is 0 Å². The molecule has 1 atom stereocenters. The van der Waals surface area contributed by atoms with Crippen molar-refractivity contribution in [3.63, 3.8) is 0 Å². The second-order valence-corrected chi connectivity index (χ2v) is 5.20. The molecule has 0 bridgehead atoms. The lowest BCUT2D eigenvalue weighted by Crippen LogP contribution is -2.33. The Morgan fingerprint density at radius 2 is 2.21 bits per heavy atom. The van der Waals surface area contributed by atoms with E-state index in [2.05, 4.69) is 32.2 Å². The van der Waals surface area contributed by atoms with Crippen LogP contribution >= 0.6 is 0 Å². The largest absolute Gasteiger partial charge is 0.497 e. The van der Waals surface area contributed by atoms with Crippen LogP contribution in [0.1, 0.15) is 40.0 Å². The van der Waals surface area contributed by atoms with Crippen molar-refractivity contribution < 1.29 is 4.74 Å². The van der Waals surface area contributed by atoms with E-state index in [0.717, 1.165) is 31.6 Å². The Labute approximate surface area is 87.7 Å². The molecule has 0 aromatic heterocycles. The standard InChI is InChI=1S/C12H23NO/c1-12(2,3)9-10(13-4)11-7-5-6-8-14-11/h7,10,13H,5-6,8-9H2,1-4H3. The molecular weight excluding hydrogens is 174 g/mol. The third-order valence-corrected chi connectivity index (χ3v) is 2.47. The summed E-state index contributed by atoms with van der Waals surface area (Å²) in [5.41, 5.74) is 0.343. The fourth-order valence-corrected chi connectivity index (χ4v) is 1.78. The van der Waals surface area contributed by atoms with Crippen molar-refractivity contribution in [1.29, 1.82) is 0 Å². The van der Waals surface area contributed by atoms with Crippen LogP contribution in [0.25, 0.3) is 0 Å². The lowest BCUT2D eigenvalue weighted by molar-refractivity contribution is 0.155. The van der Waals surface area contributed by atoms with Gasteiger partial charge >= 0.3 is 0 Å². The highest BCUT2D eigenvalue weighted by molar-refractivity contribution is 5.06. The molecular formula is C12H23NO. The molecule has 0 amide bonds. The van der Waals surface area contributed by atoms with E-state index in [1.807, 2.05) is 7.05 Å². The average Bonchev–Trinajstić information content (AvgIpc) is 2.14. The number of hydrogen-bond donors (Lipinski definition) is 1. The first-order chi connectivity index (χ1) is 6.53. The Hall–Kier alpha value is -0.500. The topological polar surface area (TPSA) is 21.3 Å².